The monoisotopic (exact) mass is 387 g/mol. The lowest BCUT2D eigenvalue weighted by atomic mass is 9.95. The Kier molecular flexibility index (Phi) is 7.45. The zero-order chi connectivity index (χ0) is 19.9. The van der Waals surface area contributed by atoms with Crippen molar-refractivity contribution < 1.29 is 14.7 Å². The number of carbonyl (C=O) groups excluding carboxylic acids is 2. The average Bonchev–Trinajstić information content (AvgIpc) is 2.74. The molecule has 0 spiro atoms. The first-order valence-electron chi connectivity index (χ1n) is 10.6. The molecule has 2 aliphatic heterocycles. The highest BCUT2D eigenvalue weighted by molar-refractivity contribution is 5.94. The number of nitrogens with zero attached hydrogens (tertiary/aromatic N) is 2. The maximum atomic E-state index is 12.6. The van der Waals surface area contributed by atoms with Crippen LogP contribution in [0.3, 0.4) is 0 Å². The summed E-state index contributed by atoms with van der Waals surface area (Å²) in [5.41, 5.74) is 1.86. The number of nitrogens with one attached hydrogen (secondary N) is 1. The molecule has 154 valence electrons. The standard InChI is InChI=1S/C22H33N3O3/c1-17-5-7-19(8-6-17)22(28)25-13-9-18(10-14-25)21(27)23-11-15-24-12-3-2-4-20(24)16-26/h5-8,18,20,26H,2-4,9-16H2,1H3,(H,23,27)/t20-/m1/s1. The highest BCUT2D eigenvalue weighted by atomic mass is 16.3. The molecule has 1 atom stereocenters. The Morgan fingerprint density at radius 2 is 1.79 bits per heavy atom. The number of piperidine rings is 2. The molecule has 0 aromatic heterocycles. The normalized spacial score (nSPS) is 21.5. The smallest absolute Gasteiger partial charge is 0.253 e. The Morgan fingerprint density at radius 1 is 1.07 bits per heavy atom. The molecule has 0 radical (unpaired) electrons. The lowest BCUT2D eigenvalue weighted by Gasteiger charge is -2.35. The predicted octanol–water partition coefficient (Wildman–Crippen LogP) is 1.81. The quantitative estimate of drug-likeness (QED) is 0.781. The molecule has 1 aromatic carbocycles. The van der Waals surface area contributed by atoms with Gasteiger partial charge in [0.2, 0.25) is 5.91 Å². The molecular weight excluding hydrogens is 354 g/mol. The fourth-order valence-electron chi connectivity index (χ4n) is 4.25. The van der Waals surface area contributed by atoms with Crippen molar-refractivity contribution in [1.29, 1.82) is 0 Å². The van der Waals surface area contributed by atoms with Crippen LogP contribution in [-0.4, -0.2) is 72.1 Å². The van der Waals surface area contributed by atoms with Crippen LogP contribution in [0, 0.1) is 12.8 Å². The SMILES string of the molecule is Cc1ccc(C(=O)N2CCC(C(=O)NCCN3CCCC[C@@H]3CO)CC2)cc1. The minimum atomic E-state index is -0.0166. The van der Waals surface area contributed by atoms with E-state index in [4.69, 9.17) is 0 Å². The second-order valence-corrected chi connectivity index (χ2v) is 8.09. The van der Waals surface area contributed by atoms with Crippen molar-refractivity contribution in [2.75, 3.05) is 39.3 Å². The van der Waals surface area contributed by atoms with Gasteiger partial charge in [-0.1, -0.05) is 24.1 Å². The summed E-state index contributed by atoms with van der Waals surface area (Å²) in [6.07, 6.45) is 4.81. The van der Waals surface area contributed by atoms with E-state index in [-0.39, 0.29) is 30.4 Å². The molecule has 1 aromatic rings. The minimum Gasteiger partial charge on any atom is -0.395 e. The predicted molar refractivity (Wildman–Crippen MR) is 109 cm³/mol. The van der Waals surface area contributed by atoms with Crippen LogP contribution < -0.4 is 5.32 Å². The van der Waals surface area contributed by atoms with Crippen molar-refractivity contribution in [1.82, 2.24) is 15.1 Å². The van der Waals surface area contributed by atoms with E-state index < -0.39 is 0 Å². The summed E-state index contributed by atoms with van der Waals surface area (Å²) in [7, 11) is 0. The van der Waals surface area contributed by atoms with Crippen molar-refractivity contribution in [3.63, 3.8) is 0 Å². The molecule has 2 N–H and O–H groups in total. The summed E-state index contributed by atoms with van der Waals surface area (Å²) in [6, 6.07) is 7.89. The van der Waals surface area contributed by atoms with Gasteiger partial charge in [-0.05, 0) is 51.3 Å². The zero-order valence-corrected chi connectivity index (χ0v) is 16.9. The summed E-state index contributed by atoms with van der Waals surface area (Å²) in [4.78, 5) is 29.2. The lowest BCUT2D eigenvalue weighted by Crippen LogP contribution is -2.47. The van der Waals surface area contributed by atoms with Crippen LogP contribution in [0.25, 0.3) is 0 Å². The molecule has 0 bridgehead atoms. The van der Waals surface area contributed by atoms with Gasteiger partial charge in [-0.2, -0.15) is 0 Å². The average molecular weight is 388 g/mol. The van der Waals surface area contributed by atoms with Crippen molar-refractivity contribution in [2.24, 2.45) is 5.92 Å². The van der Waals surface area contributed by atoms with Crippen LogP contribution in [0.2, 0.25) is 0 Å². The van der Waals surface area contributed by atoms with Crippen LogP contribution in [0.4, 0.5) is 0 Å². The van der Waals surface area contributed by atoms with Gasteiger partial charge in [0.25, 0.3) is 5.91 Å². The largest absolute Gasteiger partial charge is 0.395 e. The van der Waals surface area contributed by atoms with Crippen LogP contribution in [0.5, 0.6) is 0 Å². The second kappa shape index (κ2) is 10.0. The van der Waals surface area contributed by atoms with E-state index in [1.807, 2.05) is 36.1 Å². The molecule has 3 rings (SSSR count). The lowest BCUT2D eigenvalue weighted by molar-refractivity contribution is -0.126. The van der Waals surface area contributed by atoms with Crippen LogP contribution >= 0.6 is 0 Å². The zero-order valence-electron chi connectivity index (χ0n) is 16.9. The van der Waals surface area contributed by atoms with E-state index in [0.29, 0.717) is 38.0 Å². The Bertz CT molecular complexity index is 653. The molecule has 0 saturated carbocycles. The summed E-state index contributed by atoms with van der Waals surface area (Å²) in [5.74, 6) is 0.135. The van der Waals surface area contributed by atoms with Crippen LogP contribution in [-0.2, 0) is 4.79 Å². The number of benzene rings is 1. The molecule has 6 heteroatoms. The van der Waals surface area contributed by atoms with Crippen molar-refractivity contribution in [3.8, 4) is 0 Å². The molecule has 2 fully saturated rings. The van der Waals surface area contributed by atoms with Gasteiger partial charge in [0.1, 0.15) is 0 Å². The van der Waals surface area contributed by atoms with E-state index in [0.717, 1.165) is 31.5 Å². The Hall–Kier alpha value is -1.92. The molecule has 2 amide bonds. The number of aryl methyl sites for hydroxylation is 1. The molecule has 2 aliphatic rings. The topological polar surface area (TPSA) is 72.9 Å². The summed E-state index contributed by atoms with van der Waals surface area (Å²) in [6.45, 7) is 5.88. The number of hydrogen-bond donors (Lipinski definition) is 2. The first-order chi connectivity index (χ1) is 13.6. The molecule has 0 aliphatic carbocycles. The Labute approximate surface area is 167 Å². The number of rotatable bonds is 6. The van der Waals surface area contributed by atoms with Gasteiger partial charge >= 0.3 is 0 Å². The van der Waals surface area contributed by atoms with Crippen LogP contribution in [0.15, 0.2) is 24.3 Å². The Morgan fingerprint density at radius 3 is 2.46 bits per heavy atom. The molecular formula is C22H33N3O3. The molecule has 28 heavy (non-hydrogen) atoms. The fourth-order valence-corrected chi connectivity index (χ4v) is 4.25. The maximum Gasteiger partial charge on any atom is 0.253 e. The third-order valence-electron chi connectivity index (χ3n) is 6.11. The molecule has 0 unspecified atom stereocenters. The summed E-state index contributed by atoms with van der Waals surface area (Å²) in [5, 5.41) is 12.5. The Balaban J connectivity index is 1.40. The molecule has 2 saturated heterocycles. The van der Waals surface area contributed by atoms with E-state index >= 15 is 0 Å². The molecule has 6 nitrogen and oxygen atoms in total. The minimum absolute atomic E-state index is 0.0166. The number of aliphatic hydroxyl groups is 1. The number of hydrogen-bond acceptors (Lipinski definition) is 4. The van der Waals surface area contributed by atoms with Gasteiger partial charge < -0.3 is 15.3 Å². The summed E-state index contributed by atoms with van der Waals surface area (Å²) < 4.78 is 0. The van der Waals surface area contributed by atoms with E-state index in [1.165, 1.54) is 6.42 Å². The van der Waals surface area contributed by atoms with Gasteiger partial charge in [-0.25, -0.2) is 0 Å². The van der Waals surface area contributed by atoms with E-state index in [9.17, 15) is 14.7 Å². The number of aliphatic hydroxyl groups excluding tert-OH is 1. The van der Waals surface area contributed by atoms with Crippen molar-refractivity contribution >= 4 is 11.8 Å². The van der Waals surface area contributed by atoms with Crippen LogP contribution in [0.1, 0.15) is 48.0 Å². The highest BCUT2D eigenvalue weighted by Crippen LogP contribution is 2.20. The van der Waals surface area contributed by atoms with Gasteiger partial charge in [0, 0.05) is 43.7 Å². The van der Waals surface area contributed by atoms with Crippen molar-refractivity contribution in [3.05, 3.63) is 35.4 Å². The number of amides is 2. The number of carbonyl (C=O) groups is 2. The highest BCUT2D eigenvalue weighted by Gasteiger charge is 2.28. The summed E-state index contributed by atoms with van der Waals surface area (Å²) >= 11 is 0. The number of likely N-dealkylation sites (tertiary alicyclic amines) is 2. The van der Waals surface area contributed by atoms with Gasteiger partial charge in [-0.15, -0.1) is 0 Å². The third-order valence-corrected chi connectivity index (χ3v) is 6.11. The van der Waals surface area contributed by atoms with E-state index in [2.05, 4.69) is 10.2 Å². The third kappa shape index (κ3) is 5.32. The first kappa shape index (κ1) is 20.8. The van der Waals surface area contributed by atoms with Gasteiger partial charge in [0.15, 0.2) is 0 Å². The molecule has 2 heterocycles. The van der Waals surface area contributed by atoms with Crippen molar-refractivity contribution in [2.45, 2.75) is 45.1 Å². The first-order valence-corrected chi connectivity index (χ1v) is 10.6. The van der Waals surface area contributed by atoms with Gasteiger partial charge in [0.05, 0.1) is 6.61 Å². The fraction of sp³-hybridized carbons (Fsp3) is 0.636. The van der Waals surface area contributed by atoms with E-state index in [1.54, 1.807) is 0 Å². The van der Waals surface area contributed by atoms with Gasteiger partial charge in [-0.3, -0.25) is 14.5 Å². The second-order valence-electron chi connectivity index (χ2n) is 8.09. The maximum absolute atomic E-state index is 12.6.